The molecular weight excluding hydrogens is 228 g/mol. The Hall–Kier alpha value is -1.71. The second-order valence-corrected chi connectivity index (χ2v) is 5.51. The molecule has 1 unspecified atom stereocenters. The van der Waals surface area contributed by atoms with Crippen LogP contribution in [0.4, 0.5) is 0 Å². The molecule has 1 aliphatic rings. The summed E-state index contributed by atoms with van der Waals surface area (Å²) in [6, 6.07) is 8.40. The topological polar surface area (TPSA) is 56.8 Å². The number of nitrogens with two attached hydrogens (primary N) is 1. The van der Waals surface area contributed by atoms with E-state index in [1.165, 1.54) is 5.56 Å². The number of aliphatic imine (C=N–C) groups is 1. The molecule has 1 heterocycles. The van der Waals surface area contributed by atoms with Crippen LogP contribution in [0.3, 0.4) is 0 Å². The average molecular weight is 248 g/mol. The quantitative estimate of drug-likeness (QED) is 0.891. The normalized spacial score (nSPS) is 19.3. The highest BCUT2D eigenvalue weighted by Gasteiger charge is 2.19. The highest BCUT2D eigenvalue weighted by atomic mass is 16.5. The monoisotopic (exact) mass is 248 g/mol. The molecule has 0 saturated heterocycles. The minimum absolute atomic E-state index is 0.0664. The maximum absolute atomic E-state index is 5.72. The summed E-state index contributed by atoms with van der Waals surface area (Å²) in [5.74, 6) is 0.858. The molecule has 0 saturated carbocycles. The Bertz CT molecular complexity index is 449. The second-order valence-electron chi connectivity index (χ2n) is 5.51. The van der Waals surface area contributed by atoms with Gasteiger partial charge in [-0.3, -0.25) is 0 Å². The molecule has 0 radical (unpaired) electrons. The summed E-state index contributed by atoms with van der Waals surface area (Å²) in [7, 11) is 0. The lowest BCUT2D eigenvalue weighted by molar-refractivity contribution is 0.141. The Morgan fingerprint density at radius 1 is 1.44 bits per heavy atom. The van der Waals surface area contributed by atoms with Crippen molar-refractivity contribution in [2.45, 2.75) is 32.3 Å². The molecule has 4 heteroatoms. The highest BCUT2D eigenvalue weighted by Crippen LogP contribution is 2.25. The van der Waals surface area contributed by atoms with Crippen LogP contribution in [0.5, 0.6) is 5.75 Å². The Kier molecular flexibility index (Phi) is 3.45. The van der Waals surface area contributed by atoms with Gasteiger partial charge in [-0.2, -0.15) is 0 Å². The minimum Gasteiger partial charge on any atom is -0.490 e. The molecule has 98 valence electrons. The minimum atomic E-state index is -0.0664. The number of nitrogens with zero attached hydrogens (tertiary/aromatic N) is 1. The molecule has 4 nitrogen and oxygen atoms in total. The fraction of sp³-hybridized carbons (Fsp3) is 0.500. The van der Waals surface area contributed by atoms with Crippen LogP contribution in [-0.4, -0.2) is 25.3 Å². The molecule has 2 rings (SSSR count). The first kappa shape index (κ1) is 12.7. The predicted octanol–water partition coefficient (Wildman–Crippen LogP) is 2.08. The maximum atomic E-state index is 5.72. The summed E-state index contributed by atoms with van der Waals surface area (Å²) in [6.07, 6.45) is -0.0664. The van der Waals surface area contributed by atoms with Crippen molar-refractivity contribution in [3.8, 4) is 5.75 Å². The number of amidine groups is 1. The Morgan fingerprint density at radius 3 is 2.83 bits per heavy atom. The van der Waals surface area contributed by atoms with Crippen LogP contribution < -0.4 is 10.5 Å². The van der Waals surface area contributed by atoms with Gasteiger partial charge in [-0.15, -0.1) is 0 Å². The van der Waals surface area contributed by atoms with E-state index in [-0.39, 0.29) is 17.5 Å². The molecule has 2 N–H and O–H groups in total. The summed E-state index contributed by atoms with van der Waals surface area (Å²) in [5.41, 5.74) is 6.82. The van der Waals surface area contributed by atoms with E-state index >= 15 is 0 Å². The number of rotatable bonds is 3. The van der Waals surface area contributed by atoms with E-state index in [1.807, 2.05) is 12.1 Å². The van der Waals surface area contributed by atoms with Crippen LogP contribution in [0, 0.1) is 0 Å². The van der Waals surface area contributed by atoms with Crippen molar-refractivity contribution in [3.63, 3.8) is 0 Å². The van der Waals surface area contributed by atoms with Crippen molar-refractivity contribution in [3.05, 3.63) is 29.8 Å². The summed E-state index contributed by atoms with van der Waals surface area (Å²) >= 11 is 0. The number of hydrogen-bond donors (Lipinski definition) is 1. The first-order valence-electron chi connectivity index (χ1n) is 6.15. The first-order valence-corrected chi connectivity index (χ1v) is 6.15. The van der Waals surface area contributed by atoms with Gasteiger partial charge in [-0.1, -0.05) is 32.9 Å². The van der Waals surface area contributed by atoms with E-state index in [1.54, 1.807) is 0 Å². The molecule has 18 heavy (non-hydrogen) atoms. The van der Waals surface area contributed by atoms with E-state index in [2.05, 4.69) is 37.9 Å². The summed E-state index contributed by atoms with van der Waals surface area (Å²) in [4.78, 5) is 3.98. The van der Waals surface area contributed by atoms with Crippen molar-refractivity contribution >= 4 is 6.02 Å². The van der Waals surface area contributed by atoms with Gasteiger partial charge in [0.05, 0.1) is 6.54 Å². The van der Waals surface area contributed by atoms with Gasteiger partial charge in [0.2, 0.25) is 0 Å². The van der Waals surface area contributed by atoms with Gasteiger partial charge in [-0.05, 0) is 23.1 Å². The van der Waals surface area contributed by atoms with Crippen molar-refractivity contribution in [1.82, 2.24) is 0 Å². The van der Waals surface area contributed by atoms with Gasteiger partial charge in [0, 0.05) is 0 Å². The fourth-order valence-corrected chi connectivity index (χ4v) is 1.77. The zero-order valence-electron chi connectivity index (χ0n) is 11.1. The van der Waals surface area contributed by atoms with E-state index in [0.29, 0.717) is 13.2 Å². The van der Waals surface area contributed by atoms with Crippen molar-refractivity contribution in [2.75, 3.05) is 13.2 Å². The second kappa shape index (κ2) is 4.88. The smallest absolute Gasteiger partial charge is 0.282 e. The van der Waals surface area contributed by atoms with Gasteiger partial charge in [0.15, 0.2) is 6.10 Å². The van der Waals surface area contributed by atoms with E-state index in [0.717, 1.165) is 5.75 Å². The third-order valence-electron chi connectivity index (χ3n) is 2.87. The Labute approximate surface area is 108 Å². The highest BCUT2D eigenvalue weighted by molar-refractivity contribution is 5.73. The van der Waals surface area contributed by atoms with Crippen LogP contribution in [-0.2, 0) is 10.2 Å². The molecule has 0 bridgehead atoms. The zero-order valence-corrected chi connectivity index (χ0v) is 11.1. The zero-order chi connectivity index (χ0) is 13.2. The van der Waals surface area contributed by atoms with Gasteiger partial charge >= 0.3 is 0 Å². The van der Waals surface area contributed by atoms with Crippen molar-refractivity contribution < 1.29 is 9.47 Å². The third-order valence-corrected chi connectivity index (χ3v) is 2.87. The summed E-state index contributed by atoms with van der Waals surface area (Å²) in [6.45, 7) is 7.59. The average Bonchev–Trinajstić information content (AvgIpc) is 2.72. The largest absolute Gasteiger partial charge is 0.490 e. The Balaban J connectivity index is 1.94. The lowest BCUT2D eigenvalue weighted by atomic mass is 9.87. The molecule has 0 aliphatic carbocycles. The van der Waals surface area contributed by atoms with Crippen molar-refractivity contribution in [2.24, 2.45) is 10.7 Å². The van der Waals surface area contributed by atoms with Crippen LogP contribution in [0.2, 0.25) is 0 Å². The molecule has 1 aliphatic heterocycles. The van der Waals surface area contributed by atoms with Gasteiger partial charge < -0.3 is 15.2 Å². The lowest BCUT2D eigenvalue weighted by Crippen LogP contribution is -2.24. The predicted molar refractivity (Wildman–Crippen MR) is 72.0 cm³/mol. The van der Waals surface area contributed by atoms with E-state index in [4.69, 9.17) is 15.2 Å². The van der Waals surface area contributed by atoms with Crippen LogP contribution >= 0.6 is 0 Å². The van der Waals surface area contributed by atoms with E-state index < -0.39 is 0 Å². The molecule has 0 fully saturated rings. The molecule has 1 aromatic carbocycles. The Morgan fingerprint density at radius 2 is 2.22 bits per heavy atom. The standard InChI is InChI=1S/C14H20N2O2/c1-14(2,3)10-5-4-6-11(7-10)17-9-12-8-16-13(15)18-12/h4-7,12H,8-9H2,1-3H3,(H2,15,16). The van der Waals surface area contributed by atoms with Crippen LogP contribution in [0.25, 0.3) is 0 Å². The molecule has 1 atom stereocenters. The molecule has 0 spiro atoms. The fourth-order valence-electron chi connectivity index (χ4n) is 1.77. The maximum Gasteiger partial charge on any atom is 0.282 e. The first-order chi connectivity index (χ1) is 8.45. The number of ether oxygens (including phenoxy) is 2. The van der Waals surface area contributed by atoms with Gasteiger partial charge in [0.25, 0.3) is 6.02 Å². The molecular formula is C14H20N2O2. The van der Waals surface area contributed by atoms with Gasteiger partial charge in [0.1, 0.15) is 12.4 Å². The lowest BCUT2D eigenvalue weighted by Gasteiger charge is -2.20. The van der Waals surface area contributed by atoms with Crippen LogP contribution in [0.1, 0.15) is 26.3 Å². The molecule has 0 aromatic heterocycles. The third kappa shape index (κ3) is 3.15. The summed E-state index contributed by atoms with van der Waals surface area (Å²) in [5, 5.41) is 0. The number of hydrogen-bond acceptors (Lipinski definition) is 4. The molecule has 0 amide bonds. The van der Waals surface area contributed by atoms with Gasteiger partial charge in [-0.25, -0.2) is 4.99 Å². The van der Waals surface area contributed by atoms with E-state index in [9.17, 15) is 0 Å². The SMILES string of the molecule is CC(C)(C)c1cccc(OCC2CN=C(N)O2)c1. The number of benzene rings is 1. The summed E-state index contributed by atoms with van der Waals surface area (Å²) < 4.78 is 11.0. The molecule has 1 aromatic rings. The van der Waals surface area contributed by atoms with Crippen molar-refractivity contribution in [1.29, 1.82) is 0 Å². The van der Waals surface area contributed by atoms with Crippen LogP contribution in [0.15, 0.2) is 29.3 Å².